The minimum absolute atomic E-state index is 0.194. The summed E-state index contributed by atoms with van der Waals surface area (Å²) in [7, 11) is 0. The predicted molar refractivity (Wildman–Crippen MR) is 217 cm³/mol. The Morgan fingerprint density at radius 1 is 0.649 bits per heavy atom. The molecule has 10 atom stereocenters. The van der Waals surface area contributed by atoms with Gasteiger partial charge in [-0.3, -0.25) is 19.2 Å². The Morgan fingerprint density at radius 3 is 1.54 bits per heavy atom. The van der Waals surface area contributed by atoms with Crippen molar-refractivity contribution in [1.82, 2.24) is 0 Å². The summed E-state index contributed by atoms with van der Waals surface area (Å²) in [6.45, 7) is 13.3. The Hall–Kier alpha value is -2.32. The van der Waals surface area contributed by atoms with Crippen molar-refractivity contribution in [2.45, 2.75) is 201 Å². The van der Waals surface area contributed by atoms with Gasteiger partial charge >= 0.3 is 23.9 Å². The van der Waals surface area contributed by atoms with Gasteiger partial charge in [0.25, 0.3) is 0 Å². The first kappa shape index (κ1) is 52.7. The number of ether oxygens (including phenoxy) is 6. The molecule has 6 unspecified atom stereocenters. The maximum atomic E-state index is 13.9. The maximum absolute atomic E-state index is 13.9. The van der Waals surface area contributed by atoms with E-state index in [9.17, 15) is 34.5 Å². The van der Waals surface area contributed by atoms with Gasteiger partial charge in [0.05, 0.1) is 56.2 Å². The van der Waals surface area contributed by atoms with Gasteiger partial charge in [-0.2, -0.15) is 0 Å². The molecule has 0 aromatic rings. The Bertz CT molecular complexity index is 1120. The van der Waals surface area contributed by atoms with Crippen LogP contribution in [0.3, 0.4) is 0 Å². The fraction of sp³-hybridized carbons (Fsp3) is 0.909. The molecule has 1 fully saturated rings. The maximum Gasteiger partial charge on any atom is 0.309 e. The molecule has 0 aromatic carbocycles. The largest absolute Gasteiger partial charge is 0.462 e. The van der Waals surface area contributed by atoms with Crippen molar-refractivity contribution in [1.29, 1.82) is 0 Å². The van der Waals surface area contributed by atoms with Crippen LogP contribution < -0.4 is 0 Å². The van der Waals surface area contributed by atoms with E-state index in [4.69, 9.17) is 28.4 Å². The highest BCUT2D eigenvalue weighted by atomic mass is 16.7. The van der Waals surface area contributed by atoms with E-state index in [1.54, 1.807) is 0 Å². The van der Waals surface area contributed by atoms with E-state index >= 15 is 0 Å². The molecular weight excluding hydrogens is 736 g/mol. The van der Waals surface area contributed by atoms with Gasteiger partial charge in [-0.25, -0.2) is 0 Å². The molecule has 0 spiro atoms. The number of rotatable bonds is 33. The van der Waals surface area contributed by atoms with Gasteiger partial charge < -0.3 is 43.7 Å². The summed E-state index contributed by atoms with van der Waals surface area (Å²) in [6.07, 6.45) is 4.85. The van der Waals surface area contributed by atoms with Gasteiger partial charge in [-0.15, -0.1) is 0 Å². The number of esters is 4. The normalized spacial score (nSPS) is 21.1. The van der Waals surface area contributed by atoms with Gasteiger partial charge in [0.2, 0.25) is 0 Å². The number of hydrogen-bond acceptors (Lipinski definition) is 13. The van der Waals surface area contributed by atoms with Crippen LogP contribution in [0.2, 0.25) is 0 Å². The lowest BCUT2D eigenvalue weighted by molar-refractivity contribution is -0.220. The van der Waals surface area contributed by atoms with E-state index in [0.29, 0.717) is 51.4 Å². The number of hydrogen-bond donors (Lipinski definition) is 3. The highest BCUT2D eigenvalue weighted by Gasteiger charge is 2.57. The smallest absolute Gasteiger partial charge is 0.309 e. The molecule has 0 bridgehead atoms. The lowest BCUT2D eigenvalue weighted by Gasteiger charge is -2.42. The van der Waals surface area contributed by atoms with Crippen molar-refractivity contribution in [2.24, 2.45) is 23.7 Å². The topological polar surface area (TPSA) is 184 Å². The minimum atomic E-state index is -1.84. The first-order valence-electron chi connectivity index (χ1n) is 22.3. The molecule has 1 heterocycles. The quantitative estimate of drug-likeness (QED) is 0.0454. The molecular formula is C44H80O13. The van der Waals surface area contributed by atoms with E-state index < -0.39 is 98.3 Å². The van der Waals surface area contributed by atoms with Crippen molar-refractivity contribution >= 4 is 23.9 Å². The summed E-state index contributed by atoms with van der Waals surface area (Å²) in [5.74, 6) is -3.57. The third-order valence-electron chi connectivity index (χ3n) is 11.4. The van der Waals surface area contributed by atoms with Gasteiger partial charge in [0, 0.05) is 6.42 Å². The third kappa shape index (κ3) is 17.8. The van der Waals surface area contributed by atoms with E-state index in [1.165, 1.54) is 0 Å². The van der Waals surface area contributed by atoms with Crippen LogP contribution in [-0.4, -0.2) is 108 Å². The molecule has 1 saturated heterocycles. The number of unbranched alkanes of at least 4 members (excludes halogenated alkanes) is 4. The van der Waals surface area contributed by atoms with E-state index in [0.717, 1.165) is 51.4 Å². The lowest BCUT2D eigenvalue weighted by atomic mass is 9.86. The van der Waals surface area contributed by atoms with Crippen molar-refractivity contribution in [3.63, 3.8) is 0 Å². The Kier molecular flexibility index (Phi) is 27.6. The zero-order chi connectivity index (χ0) is 42.8. The fourth-order valence-electron chi connectivity index (χ4n) is 7.36. The van der Waals surface area contributed by atoms with Crippen LogP contribution in [0.15, 0.2) is 0 Å². The van der Waals surface area contributed by atoms with Crippen LogP contribution in [0.4, 0.5) is 0 Å². The molecule has 3 N–H and O–H groups in total. The van der Waals surface area contributed by atoms with Crippen molar-refractivity contribution in [3.8, 4) is 0 Å². The van der Waals surface area contributed by atoms with Gasteiger partial charge in [-0.1, -0.05) is 107 Å². The van der Waals surface area contributed by atoms with Gasteiger partial charge in [-0.05, 0) is 51.4 Å². The molecule has 0 aliphatic carbocycles. The molecule has 1 rings (SSSR count). The molecule has 0 radical (unpaired) electrons. The van der Waals surface area contributed by atoms with Crippen LogP contribution in [0.5, 0.6) is 0 Å². The van der Waals surface area contributed by atoms with E-state index in [2.05, 4.69) is 0 Å². The fourth-order valence-corrected chi connectivity index (χ4v) is 7.36. The van der Waals surface area contributed by atoms with Crippen molar-refractivity contribution < 1.29 is 62.9 Å². The number of carbonyl (C=O) groups excluding carboxylic acids is 4. The Morgan fingerprint density at radius 2 is 1.11 bits per heavy atom. The minimum Gasteiger partial charge on any atom is -0.462 e. The summed E-state index contributed by atoms with van der Waals surface area (Å²) in [5.41, 5.74) is -1.84. The number of aliphatic hydroxyl groups excluding tert-OH is 3. The molecule has 0 aromatic heterocycles. The van der Waals surface area contributed by atoms with E-state index in [1.807, 2.05) is 55.4 Å². The zero-order valence-electron chi connectivity index (χ0n) is 36.7. The highest BCUT2D eigenvalue weighted by molar-refractivity contribution is 5.74. The second-order valence-corrected chi connectivity index (χ2v) is 15.9. The second-order valence-electron chi connectivity index (χ2n) is 15.9. The summed E-state index contributed by atoms with van der Waals surface area (Å²) in [6, 6.07) is 0. The standard InChI is InChI=1S/C44H80O13/c1-9-17-21-31(13-5)40(48)53-30-44(25-35(47)26-45,54-28-36(27-46)55-41(49)32(14-6)22-18-10-2)39-38(57-43(51)34(16-8)24-20-12-4)37(29-52-39)56-42(50)33(15-7)23-19-11-3/h31-39,45-47H,9-30H2,1-8H3/t31?,32?,33?,34?,35?,36?,37-,38+,39-,44+/m0/s1. The monoisotopic (exact) mass is 817 g/mol. The van der Waals surface area contributed by atoms with Crippen molar-refractivity contribution in [2.75, 3.05) is 33.0 Å². The summed E-state index contributed by atoms with van der Waals surface area (Å²) in [5, 5.41) is 31.7. The lowest BCUT2D eigenvalue weighted by Crippen LogP contribution is -2.58. The van der Waals surface area contributed by atoms with Gasteiger partial charge in [0.1, 0.15) is 24.4 Å². The summed E-state index contributed by atoms with van der Waals surface area (Å²) in [4.78, 5) is 54.4. The first-order valence-corrected chi connectivity index (χ1v) is 22.3. The SMILES string of the molecule is CCCCC(CC)C(=O)OC[C@@](CC(O)CO)(OCC(CO)OC(=O)C(CC)CCCC)[C@H]1OC[C@H](OC(=O)C(CC)CCCC)[C@H]1OC(=O)C(CC)CCCC. The van der Waals surface area contributed by atoms with Crippen LogP contribution in [-0.2, 0) is 47.6 Å². The molecule has 0 amide bonds. The number of carbonyl (C=O) groups is 4. The van der Waals surface area contributed by atoms with Crippen LogP contribution in [0.1, 0.15) is 165 Å². The molecule has 1 aliphatic heterocycles. The Labute approximate surface area is 343 Å². The molecule has 1 aliphatic rings. The molecule has 334 valence electrons. The predicted octanol–water partition coefficient (Wildman–Crippen LogP) is 7.02. The van der Waals surface area contributed by atoms with Gasteiger partial charge in [0.15, 0.2) is 12.2 Å². The summed E-state index contributed by atoms with van der Waals surface area (Å²) >= 11 is 0. The highest BCUT2D eigenvalue weighted by Crippen LogP contribution is 2.38. The van der Waals surface area contributed by atoms with E-state index in [-0.39, 0.29) is 24.9 Å². The second kappa shape index (κ2) is 29.8. The van der Waals surface area contributed by atoms with Crippen LogP contribution in [0, 0.1) is 23.7 Å². The van der Waals surface area contributed by atoms with Crippen LogP contribution >= 0.6 is 0 Å². The van der Waals surface area contributed by atoms with Crippen molar-refractivity contribution in [3.05, 3.63) is 0 Å². The molecule has 13 nitrogen and oxygen atoms in total. The Balaban J connectivity index is 3.83. The molecule has 0 saturated carbocycles. The average molecular weight is 817 g/mol. The molecule has 13 heteroatoms. The first-order chi connectivity index (χ1) is 27.4. The zero-order valence-corrected chi connectivity index (χ0v) is 36.7. The average Bonchev–Trinajstić information content (AvgIpc) is 3.60. The van der Waals surface area contributed by atoms with Crippen LogP contribution in [0.25, 0.3) is 0 Å². The third-order valence-corrected chi connectivity index (χ3v) is 11.4. The summed E-state index contributed by atoms with van der Waals surface area (Å²) < 4.78 is 37.1. The molecule has 57 heavy (non-hydrogen) atoms. The number of aliphatic hydroxyl groups is 3.